The third-order valence-corrected chi connectivity index (χ3v) is 3.63. The van der Waals surface area contributed by atoms with E-state index in [1.165, 1.54) is 11.8 Å². The lowest BCUT2D eigenvalue weighted by Gasteiger charge is -2.09. The van der Waals surface area contributed by atoms with Gasteiger partial charge in [-0.25, -0.2) is 9.97 Å². The molecule has 6 heteroatoms. The smallest absolute Gasteiger partial charge is 0.187 e. The summed E-state index contributed by atoms with van der Waals surface area (Å²) in [5.74, 6) is 1.48. The molecule has 0 spiro atoms. The van der Waals surface area contributed by atoms with Gasteiger partial charge in [-0.3, -0.25) is 5.41 Å². The maximum Gasteiger partial charge on any atom is 0.187 e. The van der Waals surface area contributed by atoms with E-state index < -0.39 is 0 Å². The number of thioether (sulfide) groups is 1. The van der Waals surface area contributed by atoms with Gasteiger partial charge in [0.05, 0.1) is 7.11 Å². The maximum absolute atomic E-state index is 7.48. The number of nitrogens with one attached hydrogen (secondary N) is 1. The number of nitrogens with two attached hydrogens (primary N) is 1. The van der Waals surface area contributed by atoms with Crippen molar-refractivity contribution in [3.63, 3.8) is 0 Å². The molecule has 0 amide bonds. The van der Waals surface area contributed by atoms with Crippen molar-refractivity contribution in [1.29, 1.82) is 5.41 Å². The molecule has 1 aromatic heterocycles. The number of hydrogen-bond acceptors (Lipinski definition) is 5. The monoisotopic (exact) mass is 288 g/mol. The number of hydrogen-bond donors (Lipinski definition) is 2. The van der Waals surface area contributed by atoms with Crippen LogP contribution in [0.15, 0.2) is 35.7 Å². The SMILES string of the molecule is COc1ccc(C(=N)N)cc1CSc1ncc(C)cn1. The number of methoxy groups -OCH3 is 1. The molecule has 2 rings (SSSR count). The second kappa shape index (κ2) is 6.38. The Morgan fingerprint density at radius 1 is 1.35 bits per heavy atom. The minimum absolute atomic E-state index is 0.0467. The summed E-state index contributed by atoms with van der Waals surface area (Å²) in [6.45, 7) is 1.95. The number of amidine groups is 1. The Bertz CT molecular complexity index is 613. The third-order valence-electron chi connectivity index (χ3n) is 2.71. The Hall–Kier alpha value is -2.08. The van der Waals surface area contributed by atoms with Crippen molar-refractivity contribution in [1.82, 2.24) is 9.97 Å². The Morgan fingerprint density at radius 3 is 2.65 bits per heavy atom. The van der Waals surface area contributed by atoms with Gasteiger partial charge in [-0.2, -0.15) is 0 Å². The number of rotatable bonds is 5. The molecular weight excluding hydrogens is 272 g/mol. The average Bonchev–Trinajstić information content (AvgIpc) is 2.46. The third kappa shape index (κ3) is 3.48. The Balaban J connectivity index is 2.16. The minimum atomic E-state index is 0.0467. The van der Waals surface area contributed by atoms with Crippen molar-refractivity contribution in [2.75, 3.05) is 7.11 Å². The van der Waals surface area contributed by atoms with Gasteiger partial charge >= 0.3 is 0 Å². The van der Waals surface area contributed by atoms with Gasteiger partial charge in [-0.05, 0) is 30.7 Å². The molecule has 0 saturated heterocycles. The zero-order valence-electron chi connectivity index (χ0n) is 11.4. The molecule has 104 valence electrons. The number of nitrogens with zero attached hydrogens (tertiary/aromatic N) is 2. The van der Waals surface area contributed by atoms with Crippen molar-refractivity contribution in [3.05, 3.63) is 47.3 Å². The predicted molar refractivity (Wildman–Crippen MR) is 80.3 cm³/mol. The van der Waals surface area contributed by atoms with Crippen molar-refractivity contribution >= 4 is 17.6 Å². The summed E-state index contributed by atoms with van der Waals surface area (Å²) in [7, 11) is 1.62. The largest absolute Gasteiger partial charge is 0.496 e. The molecule has 0 unspecified atom stereocenters. The van der Waals surface area contributed by atoms with Crippen LogP contribution in [0.2, 0.25) is 0 Å². The molecule has 20 heavy (non-hydrogen) atoms. The highest BCUT2D eigenvalue weighted by Crippen LogP contribution is 2.27. The van der Waals surface area contributed by atoms with Crippen LogP contribution in [-0.2, 0) is 5.75 Å². The Kier molecular flexibility index (Phi) is 4.57. The van der Waals surface area contributed by atoms with Gasteiger partial charge < -0.3 is 10.5 Å². The second-order valence-corrected chi connectivity index (χ2v) is 5.21. The van der Waals surface area contributed by atoms with Crippen LogP contribution in [0.4, 0.5) is 0 Å². The summed E-state index contributed by atoms with van der Waals surface area (Å²) < 4.78 is 5.32. The lowest BCUT2D eigenvalue weighted by atomic mass is 10.1. The predicted octanol–water partition coefficient (Wildman–Crippen LogP) is 2.37. The molecular formula is C14H16N4OS. The fourth-order valence-electron chi connectivity index (χ4n) is 1.66. The van der Waals surface area contributed by atoms with Crippen LogP contribution in [-0.4, -0.2) is 22.9 Å². The van der Waals surface area contributed by atoms with Crippen LogP contribution >= 0.6 is 11.8 Å². The highest BCUT2D eigenvalue weighted by Gasteiger charge is 2.08. The van der Waals surface area contributed by atoms with Gasteiger partial charge in [-0.1, -0.05) is 11.8 Å². The zero-order valence-corrected chi connectivity index (χ0v) is 12.2. The first-order valence-electron chi connectivity index (χ1n) is 6.03. The van der Waals surface area contributed by atoms with Gasteiger partial charge in [0.25, 0.3) is 0 Å². The van der Waals surface area contributed by atoms with Crippen LogP contribution < -0.4 is 10.5 Å². The maximum atomic E-state index is 7.48. The first kappa shape index (κ1) is 14.3. The first-order chi connectivity index (χ1) is 9.60. The lowest BCUT2D eigenvalue weighted by Crippen LogP contribution is -2.11. The number of aryl methyl sites for hydroxylation is 1. The van der Waals surface area contributed by atoms with E-state index in [1.807, 2.05) is 19.1 Å². The molecule has 0 radical (unpaired) electrons. The van der Waals surface area contributed by atoms with Gasteiger partial charge in [0.2, 0.25) is 0 Å². The van der Waals surface area contributed by atoms with E-state index >= 15 is 0 Å². The molecule has 0 bridgehead atoms. The fourth-order valence-corrected chi connectivity index (χ4v) is 2.42. The van der Waals surface area contributed by atoms with E-state index in [0.717, 1.165) is 16.9 Å². The Morgan fingerprint density at radius 2 is 2.05 bits per heavy atom. The molecule has 1 heterocycles. The van der Waals surface area contributed by atoms with Gasteiger partial charge in [0.15, 0.2) is 5.16 Å². The molecule has 3 N–H and O–H groups in total. The highest BCUT2D eigenvalue weighted by molar-refractivity contribution is 7.98. The Labute approximate surface area is 122 Å². The number of nitrogen functional groups attached to an aromatic ring is 1. The summed E-state index contributed by atoms with van der Waals surface area (Å²) in [6, 6.07) is 5.46. The van der Waals surface area contributed by atoms with Gasteiger partial charge in [0, 0.05) is 29.3 Å². The lowest BCUT2D eigenvalue weighted by molar-refractivity contribution is 0.411. The van der Waals surface area contributed by atoms with Gasteiger partial charge in [0.1, 0.15) is 11.6 Å². The topological polar surface area (TPSA) is 84.9 Å². The van der Waals surface area contributed by atoms with Crippen molar-refractivity contribution in [3.8, 4) is 5.75 Å². The molecule has 0 saturated carbocycles. The van der Waals surface area contributed by atoms with Crippen LogP contribution in [0, 0.1) is 12.3 Å². The van der Waals surface area contributed by atoms with E-state index in [0.29, 0.717) is 16.5 Å². The minimum Gasteiger partial charge on any atom is -0.496 e. The molecule has 5 nitrogen and oxygen atoms in total. The van der Waals surface area contributed by atoms with Crippen LogP contribution in [0.25, 0.3) is 0 Å². The number of aromatic nitrogens is 2. The molecule has 2 aromatic rings. The van der Waals surface area contributed by atoms with E-state index in [2.05, 4.69) is 9.97 Å². The summed E-state index contributed by atoms with van der Waals surface area (Å²) >= 11 is 1.52. The van der Waals surface area contributed by atoms with Crippen LogP contribution in [0.1, 0.15) is 16.7 Å². The quantitative estimate of drug-likeness (QED) is 0.382. The van der Waals surface area contributed by atoms with E-state index in [-0.39, 0.29) is 5.84 Å². The van der Waals surface area contributed by atoms with Crippen LogP contribution in [0.5, 0.6) is 5.75 Å². The first-order valence-corrected chi connectivity index (χ1v) is 7.01. The van der Waals surface area contributed by atoms with Crippen molar-refractivity contribution in [2.45, 2.75) is 17.8 Å². The number of ether oxygens (including phenoxy) is 1. The summed E-state index contributed by atoms with van der Waals surface area (Å²) in [4.78, 5) is 8.50. The van der Waals surface area contributed by atoms with E-state index in [9.17, 15) is 0 Å². The standard InChI is InChI=1S/C14H16N4OS/c1-9-6-17-14(18-7-9)20-8-11-5-10(13(15)16)3-4-12(11)19-2/h3-7H,8H2,1-2H3,(H3,15,16). The summed E-state index contributed by atoms with van der Waals surface area (Å²) in [5, 5.41) is 8.20. The summed E-state index contributed by atoms with van der Waals surface area (Å²) in [6.07, 6.45) is 3.58. The second-order valence-electron chi connectivity index (χ2n) is 4.27. The van der Waals surface area contributed by atoms with Crippen molar-refractivity contribution < 1.29 is 4.74 Å². The average molecular weight is 288 g/mol. The van der Waals surface area contributed by atoms with E-state index in [1.54, 1.807) is 25.6 Å². The summed E-state index contributed by atoms with van der Waals surface area (Å²) in [5.41, 5.74) is 8.20. The zero-order chi connectivity index (χ0) is 14.5. The molecule has 1 aromatic carbocycles. The van der Waals surface area contributed by atoms with E-state index in [4.69, 9.17) is 15.9 Å². The molecule has 0 aliphatic rings. The molecule has 0 aliphatic carbocycles. The molecule has 0 fully saturated rings. The van der Waals surface area contributed by atoms with Crippen LogP contribution in [0.3, 0.4) is 0 Å². The van der Waals surface area contributed by atoms with Crippen molar-refractivity contribution in [2.24, 2.45) is 5.73 Å². The highest BCUT2D eigenvalue weighted by atomic mass is 32.2. The normalized spacial score (nSPS) is 10.3. The fraction of sp³-hybridized carbons (Fsp3) is 0.214. The number of benzene rings is 1. The van der Waals surface area contributed by atoms with Gasteiger partial charge in [-0.15, -0.1) is 0 Å². The molecule has 0 atom stereocenters. The molecule has 0 aliphatic heterocycles.